The van der Waals surface area contributed by atoms with Crippen molar-refractivity contribution in [3.63, 3.8) is 0 Å². The van der Waals surface area contributed by atoms with Gasteiger partial charge in [-0.15, -0.1) is 23.5 Å². The van der Waals surface area contributed by atoms with Crippen molar-refractivity contribution in [2.24, 2.45) is 5.92 Å². The molecule has 1 aromatic carbocycles. The summed E-state index contributed by atoms with van der Waals surface area (Å²) in [4.78, 5) is 38.3. The first-order valence-corrected chi connectivity index (χ1v) is 11.4. The van der Waals surface area contributed by atoms with Crippen molar-refractivity contribution in [1.82, 2.24) is 0 Å². The van der Waals surface area contributed by atoms with Crippen molar-refractivity contribution >= 4 is 41.2 Å². The predicted octanol–water partition coefficient (Wildman–Crippen LogP) is 4.30. The summed E-state index contributed by atoms with van der Waals surface area (Å²) in [5.41, 5.74) is -1.30. The van der Waals surface area contributed by atoms with Crippen LogP contribution < -0.4 is 0 Å². The zero-order valence-corrected chi connectivity index (χ0v) is 18.4. The zero-order chi connectivity index (χ0) is 22.5. The Morgan fingerprint density at radius 3 is 2.13 bits per heavy atom. The maximum Gasteiger partial charge on any atom is 0.416 e. The number of hydrogen-bond donors (Lipinski definition) is 0. The van der Waals surface area contributed by atoms with E-state index in [1.54, 1.807) is 6.92 Å². The fraction of sp³-hybridized carbons (Fsp3) is 0.550. The van der Waals surface area contributed by atoms with Crippen molar-refractivity contribution < 1.29 is 37.0 Å². The van der Waals surface area contributed by atoms with Gasteiger partial charge in [0.2, 0.25) is 0 Å². The number of carbonyl (C=O) groups is 3. The summed E-state index contributed by atoms with van der Waals surface area (Å²) >= 11 is 2.20. The highest BCUT2D eigenvalue weighted by molar-refractivity contribution is 8.22. The molecule has 1 aliphatic heterocycles. The summed E-state index contributed by atoms with van der Waals surface area (Å²) in [6.07, 6.45) is -4.74. The molecule has 0 saturated carbocycles. The van der Waals surface area contributed by atoms with E-state index in [9.17, 15) is 27.6 Å². The summed E-state index contributed by atoms with van der Waals surface area (Å²) in [6.45, 7) is 4.20. The van der Waals surface area contributed by atoms with Gasteiger partial charge in [-0.1, -0.05) is 18.2 Å². The SMILES string of the molecule is CCOC(=O)C(C(C)=O)C(c1ccccc1C(F)(F)F)C1(C(=O)OCC)SCCS1. The summed E-state index contributed by atoms with van der Waals surface area (Å²) in [5, 5.41) is 0. The first kappa shape index (κ1) is 24.6. The molecule has 2 atom stereocenters. The minimum absolute atomic E-state index is 0.0134. The number of ether oxygens (including phenoxy) is 2. The molecular weight excluding hydrogens is 441 g/mol. The Bertz CT molecular complexity index is 791. The molecule has 0 aliphatic carbocycles. The maximum absolute atomic E-state index is 13.9. The van der Waals surface area contributed by atoms with Crippen molar-refractivity contribution in [1.29, 1.82) is 0 Å². The molecule has 0 aromatic heterocycles. The fourth-order valence-electron chi connectivity index (χ4n) is 3.48. The molecule has 0 amide bonds. The van der Waals surface area contributed by atoms with E-state index in [0.717, 1.165) is 36.5 Å². The van der Waals surface area contributed by atoms with E-state index in [2.05, 4.69) is 0 Å². The highest BCUT2D eigenvalue weighted by Crippen LogP contribution is 2.57. The van der Waals surface area contributed by atoms with Crippen LogP contribution in [0.2, 0.25) is 0 Å². The van der Waals surface area contributed by atoms with Crippen LogP contribution in [0, 0.1) is 5.92 Å². The van der Waals surface area contributed by atoms with Gasteiger partial charge in [-0.2, -0.15) is 13.2 Å². The van der Waals surface area contributed by atoms with Crippen molar-refractivity contribution in [3.05, 3.63) is 35.4 Å². The van der Waals surface area contributed by atoms with E-state index >= 15 is 0 Å². The predicted molar refractivity (Wildman–Crippen MR) is 109 cm³/mol. The summed E-state index contributed by atoms with van der Waals surface area (Å²) < 4.78 is 50.2. The van der Waals surface area contributed by atoms with Gasteiger partial charge in [-0.3, -0.25) is 9.59 Å². The number of hydrogen-bond acceptors (Lipinski definition) is 7. The third kappa shape index (κ3) is 4.96. The van der Waals surface area contributed by atoms with E-state index in [0.29, 0.717) is 11.5 Å². The number of carbonyl (C=O) groups excluding carboxylic acids is 3. The topological polar surface area (TPSA) is 69.7 Å². The van der Waals surface area contributed by atoms with Crippen molar-refractivity contribution in [2.45, 2.75) is 36.9 Å². The van der Waals surface area contributed by atoms with Crippen LogP contribution in [0.4, 0.5) is 13.2 Å². The number of alkyl halides is 3. The lowest BCUT2D eigenvalue weighted by Crippen LogP contribution is -2.46. The van der Waals surface area contributed by atoms with Crippen LogP contribution in [0.1, 0.15) is 37.8 Å². The number of ketones is 1. The Balaban J connectivity index is 2.81. The molecule has 1 aromatic rings. The first-order valence-electron chi connectivity index (χ1n) is 9.38. The fourth-order valence-corrected chi connectivity index (χ4v) is 6.83. The largest absolute Gasteiger partial charge is 0.465 e. The number of esters is 2. The van der Waals surface area contributed by atoms with Crippen LogP contribution >= 0.6 is 23.5 Å². The molecule has 1 saturated heterocycles. The molecule has 2 rings (SSSR count). The van der Waals surface area contributed by atoms with Gasteiger partial charge in [0.1, 0.15) is 11.7 Å². The summed E-state index contributed by atoms with van der Waals surface area (Å²) in [7, 11) is 0. The number of halogens is 3. The molecule has 1 aliphatic rings. The Labute approximate surface area is 181 Å². The molecule has 0 radical (unpaired) electrons. The van der Waals surface area contributed by atoms with Gasteiger partial charge in [-0.05, 0) is 32.4 Å². The lowest BCUT2D eigenvalue weighted by atomic mass is 9.78. The summed E-state index contributed by atoms with van der Waals surface area (Å²) in [5.74, 6) is -4.46. The van der Waals surface area contributed by atoms with E-state index in [-0.39, 0.29) is 18.8 Å². The molecule has 166 valence electrons. The average molecular weight is 465 g/mol. The minimum Gasteiger partial charge on any atom is -0.465 e. The Morgan fingerprint density at radius 2 is 1.63 bits per heavy atom. The molecular formula is C20H23F3O5S2. The molecule has 1 heterocycles. The van der Waals surface area contributed by atoms with Crippen LogP contribution in [0.5, 0.6) is 0 Å². The van der Waals surface area contributed by atoms with Crippen LogP contribution in [-0.2, 0) is 30.0 Å². The van der Waals surface area contributed by atoms with Gasteiger partial charge in [0.05, 0.1) is 18.8 Å². The van der Waals surface area contributed by atoms with E-state index in [4.69, 9.17) is 9.47 Å². The molecule has 2 unspecified atom stereocenters. The van der Waals surface area contributed by atoms with Gasteiger partial charge < -0.3 is 9.47 Å². The number of Topliss-reactive ketones (excluding diaryl/α,β-unsaturated/α-hetero) is 1. The molecule has 30 heavy (non-hydrogen) atoms. The number of benzene rings is 1. The second-order valence-corrected chi connectivity index (χ2v) is 9.43. The van der Waals surface area contributed by atoms with Crippen molar-refractivity contribution in [2.75, 3.05) is 24.7 Å². The quantitative estimate of drug-likeness (QED) is 0.420. The third-order valence-corrected chi connectivity index (χ3v) is 8.08. The molecule has 0 spiro atoms. The van der Waals surface area contributed by atoms with Gasteiger partial charge in [0.25, 0.3) is 0 Å². The van der Waals surface area contributed by atoms with Crippen LogP contribution in [0.3, 0.4) is 0 Å². The van der Waals surface area contributed by atoms with Crippen LogP contribution in [0.15, 0.2) is 24.3 Å². The second-order valence-electron chi connectivity index (χ2n) is 6.49. The lowest BCUT2D eigenvalue weighted by molar-refractivity contribution is -0.154. The monoisotopic (exact) mass is 464 g/mol. The molecule has 10 heteroatoms. The first-order chi connectivity index (χ1) is 14.1. The molecule has 0 N–H and O–H groups in total. The number of rotatable bonds is 8. The molecule has 1 fully saturated rings. The Morgan fingerprint density at radius 1 is 1.07 bits per heavy atom. The van der Waals surface area contributed by atoms with E-state index < -0.39 is 45.4 Å². The van der Waals surface area contributed by atoms with Gasteiger partial charge in [0, 0.05) is 17.4 Å². The standard InChI is InChI=1S/C20H23F3O5S2/c1-4-27-17(25)15(12(3)24)16(13-8-6-7-9-14(13)20(21,22)23)19(18(26)28-5-2)29-10-11-30-19/h6-9,15-16H,4-5,10-11H2,1-3H3. The Kier molecular flexibility index (Phi) is 8.27. The third-order valence-electron chi connectivity index (χ3n) is 4.60. The van der Waals surface area contributed by atoms with Crippen LogP contribution in [0.25, 0.3) is 0 Å². The van der Waals surface area contributed by atoms with Crippen molar-refractivity contribution in [3.8, 4) is 0 Å². The highest BCUT2D eigenvalue weighted by Gasteiger charge is 2.58. The highest BCUT2D eigenvalue weighted by atomic mass is 32.2. The smallest absolute Gasteiger partial charge is 0.416 e. The maximum atomic E-state index is 13.9. The van der Waals surface area contributed by atoms with Gasteiger partial charge in [-0.25, -0.2) is 4.79 Å². The Hall–Kier alpha value is -1.68. The average Bonchev–Trinajstić information content (AvgIpc) is 3.16. The number of thioether (sulfide) groups is 2. The molecule has 0 bridgehead atoms. The van der Waals surface area contributed by atoms with Crippen LogP contribution in [-0.4, -0.2) is 46.5 Å². The lowest BCUT2D eigenvalue weighted by Gasteiger charge is -2.38. The summed E-state index contributed by atoms with van der Waals surface area (Å²) in [6, 6.07) is 4.71. The minimum atomic E-state index is -4.74. The van der Waals surface area contributed by atoms with E-state index in [1.807, 2.05) is 0 Å². The second kappa shape index (κ2) is 10.1. The molecule has 5 nitrogen and oxygen atoms in total. The van der Waals surface area contributed by atoms with E-state index in [1.165, 1.54) is 25.1 Å². The van der Waals surface area contributed by atoms with Gasteiger partial charge >= 0.3 is 18.1 Å². The van der Waals surface area contributed by atoms with Gasteiger partial charge in [0.15, 0.2) is 4.08 Å². The zero-order valence-electron chi connectivity index (χ0n) is 16.8. The normalized spacial score (nSPS) is 17.8.